The molecule has 0 saturated carbocycles. The number of hydrogen-bond donors (Lipinski definition) is 1. The SMILES string of the molecule is CN(Cc1ccncc1)Cc1cc2ccccc2cc1N. The van der Waals surface area contributed by atoms with Gasteiger partial charge in [-0.2, -0.15) is 0 Å². The first-order valence-electron chi connectivity index (χ1n) is 7.07. The summed E-state index contributed by atoms with van der Waals surface area (Å²) < 4.78 is 0. The van der Waals surface area contributed by atoms with E-state index < -0.39 is 0 Å². The molecule has 3 heteroatoms. The lowest BCUT2D eigenvalue weighted by Gasteiger charge is -2.18. The number of anilines is 1. The van der Waals surface area contributed by atoms with Crippen LogP contribution in [0.2, 0.25) is 0 Å². The fraction of sp³-hybridized carbons (Fsp3) is 0.167. The molecule has 0 amide bonds. The van der Waals surface area contributed by atoms with E-state index in [0.717, 1.165) is 18.8 Å². The van der Waals surface area contributed by atoms with Crippen LogP contribution in [0.5, 0.6) is 0 Å². The number of nitrogens with two attached hydrogens (primary N) is 1. The van der Waals surface area contributed by atoms with Gasteiger partial charge in [0, 0.05) is 31.2 Å². The van der Waals surface area contributed by atoms with E-state index in [2.05, 4.69) is 47.3 Å². The van der Waals surface area contributed by atoms with E-state index in [1.807, 2.05) is 30.6 Å². The molecule has 0 spiro atoms. The summed E-state index contributed by atoms with van der Waals surface area (Å²) in [4.78, 5) is 6.31. The zero-order valence-electron chi connectivity index (χ0n) is 12.2. The van der Waals surface area contributed by atoms with Crippen LogP contribution in [0.3, 0.4) is 0 Å². The monoisotopic (exact) mass is 277 g/mol. The largest absolute Gasteiger partial charge is 0.398 e. The molecule has 1 aromatic heterocycles. The maximum absolute atomic E-state index is 6.19. The summed E-state index contributed by atoms with van der Waals surface area (Å²) in [6.07, 6.45) is 3.65. The second kappa shape index (κ2) is 5.94. The van der Waals surface area contributed by atoms with Crippen LogP contribution in [0.25, 0.3) is 10.8 Å². The van der Waals surface area contributed by atoms with Crippen molar-refractivity contribution in [2.24, 2.45) is 0 Å². The summed E-state index contributed by atoms with van der Waals surface area (Å²) in [5.74, 6) is 0. The summed E-state index contributed by atoms with van der Waals surface area (Å²) in [6, 6.07) is 16.6. The minimum Gasteiger partial charge on any atom is -0.398 e. The number of aromatic nitrogens is 1. The topological polar surface area (TPSA) is 42.2 Å². The van der Waals surface area contributed by atoms with Crippen LogP contribution in [0.4, 0.5) is 5.69 Å². The Kier molecular flexibility index (Phi) is 3.84. The number of benzene rings is 2. The Morgan fingerprint density at radius 2 is 1.62 bits per heavy atom. The average molecular weight is 277 g/mol. The Balaban J connectivity index is 1.79. The van der Waals surface area contributed by atoms with Crippen LogP contribution in [-0.2, 0) is 13.1 Å². The van der Waals surface area contributed by atoms with Crippen molar-refractivity contribution in [3.8, 4) is 0 Å². The lowest BCUT2D eigenvalue weighted by Crippen LogP contribution is -2.18. The first-order valence-corrected chi connectivity index (χ1v) is 7.07. The summed E-state index contributed by atoms with van der Waals surface area (Å²) in [6.45, 7) is 1.72. The van der Waals surface area contributed by atoms with Gasteiger partial charge in [-0.25, -0.2) is 0 Å². The zero-order valence-corrected chi connectivity index (χ0v) is 12.2. The molecule has 1 heterocycles. The van der Waals surface area contributed by atoms with E-state index in [4.69, 9.17) is 5.73 Å². The Labute approximate surface area is 125 Å². The van der Waals surface area contributed by atoms with Gasteiger partial charge in [0.05, 0.1) is 0 Å². The van der Waals surface area contributed by atoms with Crippen LogP contribution in [0.1, 0.15) is 11.1 Å². The highest BCUT2D eigenvalue weighted by molar-refractivity contribution is 5.86. The van der Waals surface area contributed by atoms with Gasteiger partial charge in [-0.15, -0.1) is 0 Å². The molecular weight excluding hydrogens is 258 g/mol. The number of pyridine rings is 1. The predicted octanol–water partition coefficient (Wildman–Crippen LogP) is 3.45. The van der Waals surface area contributed by atoms with Crippen molar-refractivity contribution in [3.63, 3.8) is 0 Å². The molecule has 0 aliphatic carbocycles. The number of hydrogen-bond acceptors (Lipinski definition) is 3. The predicted molar refractivity (Wildman–Crippen MR) is 87.8 cm³/mol. The van der Waals surface area contributed by atoms with Crippen molar-refractivity contribution in [1.82, 2.24) is 9.88 Å². The molecule has 0 radical (unpaired) electrons. The molecule has 3 rings (SSSR count). The average Bonchev–Trinajstić information content (AvgIpc) is 2.49. The van der Waals surface area contributed by atoms with E-state index >= 15 is 0 Å². The maximum Gasteiger partial charge on any atom is 0.0366 e. The third-order valence-electron chi connectivity index (χ3n) is 3.65. The minimum absolute atomic E-state index is 0.832. The third kappa shape index (κ3) is 3.20. The molecule has 3 aromatic rings. The standard InChI is InChI=1S/C18H19N3/c1-21(12-14-6-8-20-9-7-14)13-17-10-15-4-2-3-5-16(15)11-18(17)19/h2-11H,12-13,19H2,1H3. The molecule has 0 saturated heterocycles. The molecule has 0 aliphatic heterocycles. The van der Waals surface area contributed by atoms with E-state index in [0.29, 0.717) is 0 Å². The third-order valence-corrected chi connectivity index (χ3v) is 3.65. The normalized spacial score (nSPS) is 11.1. The van der Waals surface area contributed by atoms with Crippen LogP contribution >= 0.6 is 0 Å². The quantitative estimate of drug-likeness (QED) is 0.743. The van der Waals surface area contributed by atoms with Crippen LogP contribution < -0.4 is 5.73 Å². The second-order valence-electron chi connectivity index (χ2n) is 5.43. The van der Waals surface area contributed by atoms with Crippen molar-refractivity contribution >= 4 is 16.5 Å². The van der Waals surface area contributed by atoms with E-state index in [9.17, 15) is 0 Å². The molecule has 106 valence electrons. The Morgan fingerprint density at radius 1 is 0.952 bits per heavy atom. The molecular formula is C18H19N3. The van der Waals surface area contributed by atoms with Gasteiger partial charge in [-0.3, -0.25) is 9.88 Å². The van der Waals surface area contributed by atoms with Gasteiger partial charge in [0.15, 0.2) is 0 Å². The van der Waals surface area contributed by atoms with Gasteiger partial charge < -0.3 is 5.73 Å². The first-order chi connectivity index (χ1) is 10.2. The van der Waals surface area contributed by atoms with Crippen molar-refractivity contribution < 1.29 is 0 Å². The molecule has 0 atom stereocenters. The fourth-order valence-corrected chi connectivity index (χ4v) is 2.59. The van der Waals surface area contributed by atoms with E-state index in [1.54, 1.807) is 0 Å². The van der Waals surface area contributed by atoms with Gasteiger partial charge in [-0.1, -0.05) is 24.3 Å². The lowest BCUT2D eigenvalue weighted by molar-refractivity contribution is 0.319. The highest BCUT2D eigenvalue weighted by atomic mass is 15.1. The Hall–Kier alpha value is -2.39. The summed E-state index contributed by atoms with van der Waals surface area (Å²) in [7, 11) is 2.11. The van der Waals surface area contributed by atoms with E-state index in [-0.39, 0.29) is 0 Å². The zero-order chi connectivity index (χ0) is 14.7. The second-order valence-corrected chi connectivity index (χ2v) is 5.43. The highest BCUT2D eigenvalue weighted by Crippen LogP contribution is 2.23. The van der Waals surface area contributed by atoms with Crippen molar-refractivity contribution in [1.29, 1.82) is 0 Å². The molecule has 21 heavy (non-hydrogen) atoms. The van der Waals surface area contributed by atoms with Crippen molar-refractivity contribution in [2.45, 2.75) is 13.1 Å². The minimum atomic E-state index is 0.832. The summed E-state index contributed by atoms with van der Waals surface area (Å²) in [5, 5.41) is 2.43. The van der Waals surface area contributed by atoms with Crippen LogP contribution in [-0.4, -0.2) is 16.9 Å². The van der Waals surface area contributed by atoms with Gasteiger partial charge in [0.25, 0.3) is 0 Å². The summed E-state index contributed by atoms with van der Waals surface area (Å²) >= 11 is 0. The molecule has 0 unspecified atom stereocenters. The molecule has 0 aliphatic rings. The number of fused-ring (bicyclic) bond motifs is 1. The maximum atomic E-state index is 6.19. The number of rotatable bonds is 4. The molecule has 0 fully saturated rings. The smallest absolute Gasteiger partial charge is 0.0366 e. The Morgan fingerprint density at radius 3 is 2.33 bits per heavy atom. The molecule has 3 nitrogen and oxygen atoms in total. The van der Waals surface area contributed by atoms with E-state index in [1.165, 1.54) is 21.9 Å². The summed E-state index contributed by atoms with van der Waals surface area (Å²) in [5.41, 5.74) is 9.48. The van der Waals surface area contributed by atoms with Crippen LogP contribution in [0.15, 0.2) is 60.9 Å². The highest BCUT2D eigenvalue weighted by Gasteiger charge is 2.06. The van der Waals surface area contributed by atoms with Gasteiger partial charge in [0.2, 0.25) is 0 Å². The van der Waals surface area contributed by atoms with Crippen molar-refractivity contribution in [3.05, 3.63) is 72.1 Å². The Bertz CT molecular complexity index is 738. The molecule has 2 aromatic carbocycles. The van der Waals surface area contributed by atoms with Gasteiger partial charge >= 0.3 is 0 Å². The van der Waals surface area contributed by atoms with Crippen LogP contribution in [0, 0.1) is 0 Å². The van der Waals surface area contributed by atoms with Gasteiger partial charge in [-0.05, 0) is 53.2 Å². The lowest BCUT2D eigenvalue weighted by atomic mass is 10.0. The van der Waals surface area contributed by atoms with Crippen molar-refractivity contribution in [2.75, 3.05) is 12.8 Å². The fourth-order valence-electron chi connectivity index (χ4n) is 2.59. The molecule has 2 N–H and O–H groups in total. The number of nitrogen functional groups attached to an aromatic ring is 1. The first kappa shape index (κ1) is 13.6. The van der Waals surface area contributed by atoms with Gasteiger partial charge in [0.1, 0.15) is 0 Å². The number of nitrogens with zero attached hydrogens (tertiary/aromatic N) is 2. The molecule has 0 bridgehead atoms.